The Hall–Kier alpha value is -1.42. The Morgan fingerprint density at radius 2 is 2.17 bits per heavy atom. The lowest BCUT2D eigenvalue weighted by Gasteiger charge is -2.11. The van der Waals surface area contributed by atoms with Gasteiger partial charge >= 0.3 is 0 Å². The number of pyridine rings is 1. The van der Waals surface area contributed by atoms with E-state index in [0.29, 0.717) is 12.4 Å². The van der Waals surface area contributed by atoms with Crippen molar-refractivity contribution < 1.29 is 4.74 Å². The summed E-state index contributed by atoms with van der Waals surface area (Å²) < 4.78 is 5.04. The van der Waals surface area contributed by atoms with Crippen molar-refractivity contribution in [1.82, 2.24) is 20.6 Å². The van der Waals surface area contributed by atoms with Crippen LogP contribution in [-0.2, 0) is 13.0 Å². The Morgan fingerprint density at radius 3 is 2.74 bits per heavy atom. The molecule has 2 rings (SSSR count). The van der Waals surface area contributed by atoms with Crippen LogP contribution in [0, 0.1) is 6.92 Å². The monoisotopic (exact) mass is 447 g/mol. The third-order valence-electron chi connectivity index (χ3n) is 3.03. The van der Waals surface area contributed by atoms with E-state index in [1.165, 1.54) is 0 Å². The van der Waals surface area contributed by atoms with Crippen molar-refractivity contribution in [3.05, 3.63) is 40.0 Å². The highest BCUT2D eigenvalue weighted by atomic mass is 127. The number of thiazole rings is 1. The fourth-order valence-electron chi connectivity index (χ4n) is 1.87. The van der Waals surface area contributed by atoms with Gasteiger partial charge in [-0.25, -0.2) is 9.97 Å². The SMILES string of the molecule is CN=C(NCCc1csc(C)n1)NCc1ccc(OC)nc1.I. The minimum atomic E-state index is 0. The summed E-state index contributed by atoms with van der Waals surface area (Å²) in [5.41, 5.74) is 2.18. The molecule has 8 heteroatoms. The number of guanidine groups is 1. The highest BCUT2D eigenvalue weighted by Gasteiger charge is 2.01. The van der Waals surface area contributed by atoms with Crippen molar-refractivity contribution in [3.8, 4) is 5.88 Å². The van der Waals surface area contributed by atoms with E-state index in [1.54, 1.807) is 31.7 Å². The molecule has 6 nitrogen and oxygen atoms in total. The number of rotatable bonds is 6. The summed E-state index contributed by atoms with van der Waals surface area (Å²) in [6, 6.07) is 3.82. The van der Waals surface area contributed by atoms with Crippen LogP contribution in [0.2, 0.25) is 0 Å². The van der Waals surface area contributed by atoms with Gasteiger partial charge in [0.2, 0.25) is 5.88 Å². The number of halogens is 1. The number of aliphatic imine (C=N–C) groups is 1. The van der Waals surface area contributed by atoms with Crippen LogP contribution in [0.3, 0.4) is 0 Å². The molecule has 2 heterocycles. The van der Waals surface area contributed by atoms with E-state index < -0.39 is 0 Å². The molecule has 0 saturated carbocycles. The summed E-state index contributed by atoms with van der Waals surface area (Å²) >= 11 is 1.68. The predicted molar refractivity (Wildman–Crippen MR) is 105 cm³/mol. The van der Waals surface area contributed by atoms with Gasteiger partial charge in [0.25, 0.3) is 0 Å². The van der Waals surface area contributed by atoms with Crippen molar-refractivity contribution in [2.75, 3.05) is 20.7 Å². The van der Waals surface area contributed by atoms with E-state index in [4.69, 9.17) is 4.74 Å². The maximum absolute atomic E-state index is 5.04. The molecule has 0 fully saturated rings. The first-order chi connectivity index (χ1) is 10.7. The summed E-state index contributed by atoms with van der Waals surface area (Å²) in [5.74, 6) is 1.38. The maximum Gasteiger partial charge on any atom is 0.212 e. The van der Waals surface area contributed by atoms with Crippen LogP contribution in [0.25, 0.3) is 0 Å². The molecule has 0 aromatic carbocycles. The molecule has 2 aromatic rings. The molecule has 126 valence electrons. The number of methoxy groups -OCH3 is 1. The zero-order chi connectivity index (χ0) is 15.8. The van der Waals surface area contributed by atoms with Crippen LogP contribution < -0.4 is 15.4 Å². The topological polar surface area (TPSA) is 71.4 Å². The second kappa shape index (κ2) is 10.4. The third kappa shape index (κ3) is 6.69. The van der Waals surface area contributed by atoms with E-state index in [0.717, 1.165) is 35.2 Å². The number of nitrogens with one attached hydrogen (secondary N) is 2. The van der Waals surface area contributed by atoms with E-state index in [-0.39, 0.29) is 24.0 Å². The van der Waals surface area contributed by atoms with Crippen molar-refractivity contribution in [1.29, 1.82) is 0 Å². The molecular formula is C15H22IN5OS. The summed E-state index contributed by atoms with van der Waals surface area (Å²) in [6.07, 6.45) is 2.67. The smallest absolute Gasteiger partial charge is 0.212 e. The quantitative estimate of drug-likeness (QED) is 0.404. The molecule has 0 bridgehead atoms. The summed E-state index contributed by atoms with van der Waals surface area (Å²) in [5, 5.41) is 9.73. The fraction of sp³-hybridized carbons (Fsp3) is 0.400. The molecule has 0 saturated heterocycles. The van der Waals surface area contributed by atoms with E-state index >= 15 is 0 Å². The van der Waals surface area contributed by atoms with Gasteiger partial charge in [0, 0.05) is 44.2 Å². The van der Waals surface area contributed by atoms with Crippen molar-refractivity contribution in [3.63, 3.8) is 0 Å². The molecule has 0 radical (unpaired) electrons. The Bertz CT molecular complexity index is 615. The summed E-state index contributed by atoms with van der Waals surface area (Å²) in [6.45, 7) is 3.47. The number of nitrogens with zero attached hydrogens (tertiary/aromatic N) is 3. The molecule has 0 unspecified atom stereocenters. The highest BCUT2D eigenvalue weighted by molar-refractivity contribution is 14.0. The van der Waals surface area contributed by atoms with Gasteiger partial charge in [-0.05, 0) is 12.5 Å². The Labute approximate surface area is 157 Å². The molecule has 0 aliphatic rings. The standard InChI is InChI=1S/C15H21N5OS.HI/c1-11-20-13(10-22-11)6-7-17-15(16-2)19-9-12-4-5-14(21-3)18-8-12;/h4-5,8,10H,6-7,9H2,1-3H3,(H2,16,17,19);1H. The van der Waals surface area contributed by atoms with Gasteiger partial charge in [-0.2, -0.15) is 0 Å². The zero-order valence-electron chi connectivity index (χ0n) is 13.5. The number of hydrogen-bond acceptors (Lipinski definition) is 5. The van der Waals surface area contributed by atoms with Crippen LogP contribution in [0.15, 0.2) is 28.7 Å². The van der Waals surface area contributed by atoms with E-state index in [1.807, 2.05) is 19.1 Å². The van der Waals surface area contributed by atoms with Crippen LogP contribution in [0.4, 0.5) is 0 Å². The van der Waals surface area contributed by atoms with Crippen molar-refractivity contribution in [2.45, 2.75) is 19.9 Å². The molecular weight excluding hydrogens is 425 g/mol. The van der Waals surface area contributed by atoms with Gasteiger partial charge < -0.3 is 15.4 Å². The number of ether oxygens (including phenoxy) is 1. The zero-order valence-corrected chi connectivity index (χ0v) is 16.6. The van der Waals surface area contributed by atoms with Gasteiger partial charge in [0.15, 0.2) is 5.96 Å². The van der Waals surface area contributed by atoms with Gasteiger partial charge in [-0.3, -0.25) is 4.99 Å². The maximum atomic E-state index is 5.04. The largest absolute Gasteiger partial charge is 0.481 e. The van der Waals surface area contributed by atoms with E-state index in [9.17, 15) is 0 Å². The van der Waals surface area contributed by atoms with Gasteiger partial charge in [-0.15, -0.1) is 35.3 Å². The normalized spacial score (nSPS) is 10.8. The molecule has 0 atom stereocenters. The first-order valence-corrected chi connectivity index (χ1v) is 7.93. The molecule has 0 spiro atoms. The second-order valence-electron chi connectivity index (χ2n) is 4.67. The number of hydrogen-bond donors (Lipinski definition) is 2. The number of aryl methyl sites for hydroxylation is 1. The molecule has 0 amide bonds. The predicted octanol–water partition coefficient (Wildman–Crippen LogP) is 2.38. The Balaban J connectivity index is 0.00000264. The lowest BCUT2D eigenvalue weighted by Crippen LogP contribution is -2.37. The van der Waals surface area contributed by atoms with Crippen molar-refractivity contribution in [2.24, 2.45) is 4.99 Å². The lowest BCUT2D eigenvalue weighted by atomic mass is 10.3. The Morgan fingerprint density at radius 1 is 1.35 bits per heavy atom. The third-order valence-corrected chi connectivity index (χ3v) is 3.85. The lowest BCUT2D eigenvalue weighted by molar-refractivity contribution is 0.397. The first kappa shape index (κ1) is 19.6. The summed E-state index contributed by atoms with van der Waals surface area (Å²) in [7, 11) is 3.37. The summed E-state index contributed by atoms with van der Waals surface area (Å²) in [4.78, 5) is 12.8. The first-order valence-electron chi connectivity index (χ1n) is 7.05. The van der Waals surface area contributed by atoms with Gasteiger partial charge in [0.05, 0.1) is 17.8 Å². The average molecular weight is 447 g/mol. The fourth-order valence-corrected chi connectivity index (χ4v) is 2.52. The van der Waals surface area contributed by atoms with Crippen LogP contribution in [-0.4, -0.2) is 36.6 Å². The number of aromatic nitrogens is 2. The van der Waals surface area contributed by atoms with Crippen molar-refractivity contribution >= 4 is 41.3 Å². The molecule has 0 aliphatic heterocycles. The van der Waals surface area contributed by atoms with Crippen LogP contribution in [0.1, 0.15) is 16.3 Å². The minimum absolute atomic E-state index is 0. The average Bonchev–Trinajstić information content (AvgIpc) is 2.96. The highest BCUT2D eigenvalue weighted by Crippen LogP contribution is 2.08. The van der Waals surface area contributed by atoms with Crippen LogP contribution >= 0.6 is 35.3 Å². The molecule has 2 aromatic heterocycles. The molecule has 0 aliphatic carbocycles. The minimum Gasteiger partial charge on any atom is -0.481 e. The second-order valence-corrected chi connectivity index (χ2v) is 5.73. The van der Waals surface area contributed by atoms with Gasteiger partial charge in [0.1, 0.15) is 0 Å². The molecule has 2 N–H and O–H groups in total. The van der Waals surface area contributed by atoms with E-state index in [2.05, 4.69) is 31.0 Å². The van der Waals surface area contributed by atoms with Crippen LogP contribution in [0.5, 0.6) is 5.88 Å². The molecule has 23 heavy (non-hydrogen) atoms. The Kier molecular flexibility index (Phi) is 8.85. The van der Waals surface area contributed by atoms with Gasteiger partial charge in [-0.1, -0.05) is 6.07 Å².